The third-order valence-corrected chi connectivity index (χ3v) is 6.13. The van der Waals surface area contributed by atoms with E-state index < -0.39 is 0 Å². The van der Waals surface area contributed by atoms with Crippen molar-refractivity contribution in [3.05, 3.63) is 21.9 Å². The maximum Gasteiger partial charge on any atom is 0.0386 e. The number of aryl methyl sites for hydroxylation is 1. The van der Waals surface area contributed by atoms with Gasteiger partial charge in [0.1, 0.15) is 0 Å². The van der Waals surface area contributed by atoms with Crippen LogP contribution in [0.1, 0.15) is 68.7 Å². The van der Waals surface area contributed by atoms with E-state index in [2.05, 4.69) is 38.2 Å². The summed E-state index contributed by atoms with van der Waals surface area (Å²) in [5, 5.41) is 3.75. The molecule has 0 amide bonds. The molecule has 108 valence electrons. The molecule has 1 aromatic rings. The predicted octanol–water partition coefficient (Wildman–Crippen LogP) is 5.18. The van der Waals surface area contributed by atoms with Crippen LogP contribution in [0, 0.1) is 11.8 Å². The van der Waals surface area contributed by atoms with Crippen LogP contribution >= 0.6 is 11.3 Å². The molecule has 0 aliphatic heterocycles. The molecule has 1 fully saturated rings. The molecule has 0 bridgehead atoms. The van der Waals surface area contributed by atoms with Gasteiger partial charge in [-0.05, 0) is 56.7 Å². The Bertz CT molecular complexity index is 363. The molecular formula is C17H29NS. The molecule has 1 nitrogen and oxygen atoms in total. The van der Waals surface area contributed by atoms with E-state index in [1.165, 1.54) is 54.8 Å². The van der Waals surface area contributed by atoms with Crippen molar-refractivity contribution in [3.63, 3.8) is 0 Å². The highest BCUT2D eigenvalue weighted by Gasteiger charge is 2.20. The van der Waals surface area contributed by atoms with Gasteiger partial charge in [-0.3, -0.25) is 0 Å². The van der Waals surface area contributed by atoms with Gasteiger partial charge in [-0.2, -0.15) is 0 Å². The molecule has 2 rings (SSSR count). The lowest BCUT2D eigenvalue weighted by atomic mass is 9.81. The van der Waals surface area contributed by atoms with Gasteiger partial charge in [0.25, 0.3) is 0 Å². The van der Waals surface area contributed by atoms with Gasteiger partial charge in [0.2, 0.25) is 0 Å². The fourth-order valence-corrected chi connectivity index (χ4v) is 4.08. The summed E-state index contributed by atoms with van der Waals surface area (Å²) in [5.74, 6) is 1.92. The van der Waals surface area contributed by atoms with Gasteiger partial charge < -0.3 is 5.32 Å². The van der Waals surface area contributed by atoms with Crippen LogP contribution in [-0.2, 0) is 6.42 Å². The minimum absolute atomic E-state index is 0.522. The maximum atomic E-state index is 3.75. The largest absolute Gasteiger partial charge is 0.309 e. The third-order valence-electron chi connectivity index (χ3n) is 4.71. The molecule has 1 aliphatic rings. The van der Waals surface area contributed by atoms with Crippen LogP contribution in [0.4, 0.5) is 0 Å². The van der Waals surface area contributed by atoms with E-state index in [0.717, 1.165) is 11.8 Å². The van der Waals surface area contributed by atoms with Gasteiger partial charge in [0.05, 0.1) is 0 Å². The molecule has 0 saturated heterocycles. The molecule has 0 aromatic carbocycles. The maximum absolute atomic E-state index is 3.75. The van der Waals surface area contributed by atoms with Crippen molar-refractivity contribution >= 4 is 11.3 Å². The molecule has 1 saturated carbocycles. The normalized spacial score (nSPS) is 25.4. The Morgan fingerprint density at radius 2 is 1.84 bits per heavy atom. The fraction of sp³-hybridized carbons (Fsp3) is 0.765. The van der Waals surface area contributed by atoms with Crippen LogP contribution in [-0.4, -0.2) is 6.54 Å². The van der Waals surface area contributed by atoms with Crippen LogP contribution in [0.25, 0.3) is 0 Å². The zero-order valence-corrected chi connectivity index (χ0v) is 13.6. The van der Waals surface area contributed by atoms with Crippen molar-refractivity contribution in [1.82, 2.24) is 5.32 Å². The smallest absolute Gasteiger partial charge is 0.0386 e. The highest BCUT2D eigenvalue weighted by atomic mass is 32.1. The lowest BCUT2D eigenvalue weighted by Crippen LogP contribution is -2.28. The van der Waals surface area contributed by atoms with Crippen LogP contribution in [0.15, 0.2) is 12.1 Å². The van der Waals surface area contributed by atoms with E-state index in [0.29, 0.717) is 6.04 Å². The predicted molar refractivity (Wildman–Crippen MR) is 85.9 cm³/mol. The second kappa shape index (κ2) is 7.44. The molecule has 1 heterocycles. The van der Waals surface area contributed by atoms with Gasteiger partial charge >= 0.3 is 0 Å². The minimum Gasteiger partial charge on any atom is -0.309 e. The lowest BCUT2D eigenvalue weighted by Gasteiger charge is -2.28. The highest BCUT2D eigenvalue weighted by molar-refractivity contribution is 7.12. The molecule has 1 aliphatic carbocycles. The summed E-state index contributed by atoms with van der Waals surface area (Å²) in [4.78, 5) is 3.01. The number of hydrogen-bond acceptors (Lipinski definition) is 2. The summed E-state index contributed by atoms with van der Waals surface area (Å²) in [5.41, 5.74) is 0. The second-order valence-corrected chi connectivity index (χ2v) is 7.28. The van der Waals surface area contributed by atoms with E-state index in [-0.39, 0.29) is 0 Å². The molecule has 2 heteroatoms. The molecule has 0 spiro atoms. The number of thiophene rings is 1. The van der Waals surface area contributed by atoms with E-state index in [4.69, 9.17) is 0 Å². The van der Waals surface area contributed by atoms with Crippen molar-refractivity contribution in [3.8, 4) is 0 Å². The Labute approximate surface area is 122 Å². The Balaban J connectivity index is 1.73. The summed E-state index contributed by atoms with van der Waals surface area (Å²) in [6.45, 7) is 8.09. The number of rotatable bonds is 6. The molecule has 1 unspecified atom stereocenters. The summed E-state index contributed by atoms with van der Waals surface area (Å²) < 4.78 is 0. The van der Waals surface area contributed by atoms with Crippen molar-refractivity contribution in [1.29, 1.82) is 0 Å². The Morgan fingerprint density at radius 3 is 2.42 bits per heavy atom. The van der Waals surface area contributed by atoms with Gasteiger partial charge in [-0.25, -0.2) is 0 Å². The lowest BCUT2D eigenvalue weighted by molar-refractivity contribution is 0.258. The van der Waals surface area contributed by atoms with E-state index in [1.807, 2.05) is 11.3 Å². The molecule has 19 heavy (non-hydrogen) atoms. The van der Waals surface area contributed by atoms with E-state index >= 15 is 0 Å². The van der Waals surface area contributed by atoms with Crippen LogP contribution in [0.3, 0.4) is 0 Å². The van der Waals surface area contributed by atoms with Crippen LogP contribution in [0.2, 0.25) is 0 Å². The SMILES string of the molecule is CCc1ccc(C(C)NCC2CCC(CC)CC2)s1. The molecule has 1 aromatic heterocycles. The van der Waals surface area contributed by atoms with Crippen LogP contribution < -0.4 is 5.32 Å². The first kappa shape index (κ1) is 15.1. The van der Waals surface area contributed by atoms with Gasteiger partial charge in [0.15, 0.2) is 0 Å². The zero-order chi connectivity index (χ0) is 13.7. The first-order valence-corrected chi connectivity index (χ1v) is 8.86. The quantitative estimate of drug-likeness (QED) is 0.756. The fourth-order valence-electron chi connectivity index (χ4n) is 3.11. The first-order chi connectivity index (χ1) is 9.22. The minimum atomic E-state index is 0.522. The average Bonchev–Trinajstić information content (AvgIpc) is 2.94. The Kier molecular flexibility index (Phi) is 5.90. The summed E-state index contributed by atoms with van der Waals surface area (Å²) >= 11 is 1.97. The van der Waals surface area contributed by atoms with Crippen LogP contribution in [0.5, 0.6) is 0 Å². The van der Waals surface area contributed by atoms with E-state index in [1.54, 1.807) is 0 Å². The molecule has 0 radical (unpaired) electrons. The zero-order valence-electron chi connectivity index (χ0n) is 12.7. The van der Waals surface area contributed by atoms with E-state index in [9.17, 15) is 0 Å². The van der Waals surface area contributed by atoms with Gasteiger partial charge in [0, 0.05) is 15.8 Å². The average molecular weight is 279 g/mol. The van der Waals surface area contributed by atoms with Gasteiger partial charge in [-0.15, -0.1) is 11.3 Å². The second-order valence-electron chi connectivity index (χ2n) is 6.08. The number of hydrogen-bond donors (Lipinski definition) is 1. The Hall–Kier alpha value is -0.340. The molecule has 1 N–H and O–H groups in total. The van der Waals surface area contributed by atoms with Crippen molar-refractivity contribution in [2.24, 2.45) is 11.8 Å². The van der Waals surface area contributed by atoms with Gasteiger partial charge in [-0.1, -0.05) is 33.1 Å². The first-order valence-electron chi connectivity index (χ1n) is 8.04. The number of nitrogens with one attached hydrogen (secondary N) is 1. The van der Waals surface area contributed by atoms with Crippen molar-refractivity contribution in [2.45, 2.75) is 65.3 Å². The highest BCUT2D eigenvalue weighted by Crippen LogP contribution is 2.31. The van der Waals surface area contributed by atoms with Crippen molar-refractivity contribution in [2.75, 3.05) is 6.54 Å². The summed E-state index contributed by atoms with van der Waals surface area (Å²) in [6, 6.07) is 5.11. The summed E-state index contributed by atoms with van der Waals surface area (Å²) in [7, 11) is 0. The third kappa shape index (κ3) is 4.32. The summed E-state index contributed by atoms with van der Waals surface area (Å²) in [6.07, 6.45) is 8.32. The molecular weight excluding hydrogens is 250 g/mol. The topological polar surface area (TPSA) is 12.0 Å². The van der Waals surface area contributed by atoms with Crippen molar-refractivity contribution < 1.29 is 0 Å². The molecule has 1 atom stereocenters. The monoisotopic (exact) mass is 279 g/mol. The Morgan fingerprint density at radius 1 is 1.16 bits per heavy atom. The standard InChI is InChI=1S/C17H29NS/c1-4-14-6-8-15(9-7-14)12-18-13(3)17-11-10-16(5-2)19-17/h10-11,13-15,18H,4-9,12H2,1-3H3.